The third-order valence-corrected chi connectivity index (χ3v) is 6.60. The van der Waals surface area contributed by atoms with Crippen LogP contribution >= 0.6 is 0 Å². The van der Waals surface area contributed by atoms with E-state index in [-0.39, 0.29) is 0 Å². The Hall–Kier alpha value is -3.78. The van der Waals surface area contributed by atoms with Crippen LogP contribution in [0.25, 0.3) is 44.5 Å². The van der Waals surface area contributed by atoms with Crippen LogP contribution in [0.4, 0.5) is 5.69 Å². The van der Waals surface area contributed by atoms with Gasteiger partial charge in [-0.3, -0.25) is 15.1 Å². The second-order valence-corrected chi connectivity index (χ2v) is 8.91. The molecule has 0 saturated carbocycles. The van der Waals surface area contributed by atoms with E-state index in [0.29, 0.717) is 0 Å². The van der Waals surface area contributed by atoms with Gasteiger partial charge in [-0.2, -0.15) is 5.10 Å². The highest BCUT2D eigenvalue weighted by Gasteiger charge is 2.18. The Balaban J connectivity index is 1.40. The number of hydrogen-bond acceptors (Lipinski definition) is 6. The van der Waals surface area contributed by atoms with Crippen molar-refractivity contribution < 1.29 is 0 Å². The first-order valence-corrected chi connectivity index (χ1v) is 12.0. The van der Waals surface area contributed by atoms with Crippen molar-refractivity contribution in [3.8, 4) is 22.5 Å². The molecule has 0 aromatic carbocycles. The van der Waals surface area contributed by atoms with E-state index in [1.54, 1.807) is 0 Å². The molecule has 0 radical (unpaired) electrons. The molecule has 1 aliphatic heterocycles. The van der Waals surface area contributed by atoms with Gasteiger partial charge in [-0.05, 0) is 49.6 Å². The van der Waals surface area contributed by atoms with Crippen molar-refractivity contribution >= 4 is 27.6 Å². The minimum absolute atomic E-state index is 0.767. The van der Waals surface area contributed by atoms with Crippen LogP contribution in [0.1, 0.15) is 31.7 Å². The van der Waals surface area contributed by atoms with Crippen LogP contribution in [-0.4, -0.2) is 49.8 Å². The maximum absolute atomic E-state index is 4.64. The summed E-state index contributed by atoms with van der Waals surface area (Å²) in [5.41, 5.74) is 8.04. The van der Waals surface area contributed by atoms with Crippen LogP contribution in [0.15, 0.2) is 49.2 Å². The van der Waals surface area contributed by atoms with Gasteiger partial charge in [0.05, 0.1) is 29.3 Å². The number of rotatable bonds is 6. The van der Waals surface area contributed by atoms with Gasteiger partial charge in [0, 0.05) is 60.1 Å². The fraction of sp³-hybridized carbons (Fsp3) is 0.308. The van der Waals surface area contributed by atoms with E-state index in [0.717, 1.165) is 70.8 Å². The number of nitrogens with zero attached hydrogens (tertiary/aromatic N) is 5. The molecule has 0 atom stereocenters. The largest absolute Gasteiger partial charge is 0.370 e. The summed E-state index contributed by atoms with van der Waals surface area (Å²) in [5, 5.41) is 13.2. The second-order valence-electron chi connectivity index (χ2n) is 8.91. The van der Waals surface area contributed by atoms with Crippen LogP contribution in [-0.2, 0) is 6.54 Å². The lowest BCUT2D eigenvalue weighted by Crippen LogP contribution is -2.29. The summed E-state index contributed by atoms with van der Waals surface area (Å²) in [7, 11) is 0. The number of fused-ring (bicyclic) bond motifs is 2. The fourth-order valence-electron chi connectivity index (χ4n) is 4.83. The highest BCUT2D eigenvalue weighted by Crippen LogP contribution is 2.34. The first kappa shape index (κ1) is 20.8. The van der Waals surface area contributed by atoms with Crippen molar-refractivity contribution in [2.24, 2.45) is 0 Å². The Labute approximate surface area is 197 Å². The summed E-state index contributed by atoms with van der Waals surface area (Å²) in [5.74, 6) is 0. The average Bonchev–Trinajstić information content (AvgIpc) is 3.51. The molecule has 0 spiro atoms. The molecule has 8 nitrogen and oxygen atoms in total. The standard InChI is InChI=1S/C26H28N8/c1-2-27-11-17-8-18(13-28-12-17)19-9-21-25(32-33-26(21)30-14-19)22-10-20-23(31-22)15-29-16-24(20)34-6-4-3-5-7-34/h8-10,12-16,27,31H,2-7,11H2,1H3,(H,30,32,33). The van der Waals surface area contributed by atoms with E-state index in [2.05, 4.69) is 65.5 Å². The SMILES string of the molecule is CCNCc1cncc(-c2cnc3[nH]nc(-c4cc5c(N6CCCCC6)cncc5[nH]4)c3c2)c1. The normalized spacial score (nSPS) is 14.3. The molecule has 3 N–H and O–H groups in total. The molecule has 0 amide bonds. The molecule has 6 heterocycles. The molecule has 172 valence electrons. The lowest BCUT2D eigenvalue weighted by atomic mass is 10.1. The predicted octanol–water partition coefficient (Wildman–Crippen LogP) is 4.66. The number of pyridine rings is 3. The number of nitrogens with one attached hydrogen (secondary N) is 3. The maximum atomic E-state index is 4.64. The van der Waals surface area contributed by atoms with E-state index >= 15 is 0 Å². The van der Waals surface area contributed by atoms with Crippen LogP contribution in [0.5, 0.6) is 0 Å². The highest BCUT2D eigenvalue weighted by molar-refractivity contribution is 5.99. The van der Waals surface area contributed by atoms with E-state index in [9.17, 15) is 0 Å². The molecule has 8 heteroatoms. The van der Waals surface area contributed by atoms with Gasteiger partial charge >= 0.3 is 0 Å². The van der Waals surface area contributed by atoms with Gasteiger partial charge in [0.1, 0.15) is 5.69 Å². The summed E-state index contributed by atoms with van der Waals surface area (Å²) >= 11 is 0. The predicted molar refractivity (Wildman–Crippen MR) is 136 cm³/mol. The summed E-state index contributed by atoms with van der Waals surface area (Å²) in [6, 6.07) is 6.50. The molecular formula is C26H28N8. The number of hydrogen-bond donors (Lipinski definition) is 3. The van der Waals surface area contributed by atoms with Gasteiger partial charge in [-0.1, -0.05) is 6.92 Å². The first-order valence-electron chi connectivity index (χ1n) is 12.0. The number of anilines is 1. The maximum Gasteiger partial charge on any atom is 0.155 e. The zero-order valence-corrected chi connectivity index (χ0v) is 19.3. The number of piperidine rings is 1. The summed E-state index contributed by atoms with van der Waals surface area (Å²) < 4.78 is 0. The first-order chi connectivity index (χ1) is 16.8. The molecule has 1 aliphatic rings. The van der Waals surface area contributed by atoms with Crippen molar-refractivity contribution in [2.75, 3.05) is 24.5 Å². The molecule has 5 aromatic heterocycles. The Kier molecular flexibility index (Phi) is 5.43. The quantitative estimate of drug-likeness (QED) is 0.347. The molecule has 1 fully saturated rings. The van der Waals surface area contributed by atoms with Crippen LogP contribution in [0.3, 0.4) is 0 Å². The summed E-state index contributed by atoms with van der Waals surface area (Å²) in [6.07, 6.45) is 13.3. The van der Waals surface area contributed by atoms with Crippen molar-refractivity contribution in [2.45, 2.75) is 32.7 Å². The van der Waals surface area contributed by atoms with Crippen LogP contribution in [0, 0.1) is 0 Å². The van der Waals surface area contributed by atoms with Gasteiger partial charge in [0.15, 0.2) is 5.65 Å². The van der Waals surface area contributed by atoms with E-state index in [4.69, 9.17) is 0 Å². The Morgan fingerprint density at radius 1 is 0.912 bits per heavy atom. The molecule has 0 unspecified atom stereocenters. The average molecular weight is 453 g/mol. The molecule has 34 heavy (non-hydrogen) atoms. The number of aromatic nitrogens is 6. The zero-order valence-electron chi connectivity index (χ0n) is 19.3. The van der Waals surface area contributed by atoms with Gasteiger partial charge in [-0.25, -0.2) is 4.98 Å². The third-order valence-electron chi connectivity index (χ3n) is 6.60. The Bertz CT molecular complexity index is 1440. The van der Waals surface area contributed by atoms with Crippen molar-refractivity contribution in [1.82, 2.24) is 35.5 Å². The van der Waals surface area contributed by atoms with Gasteiger partial charge < -0.3 is 15.2 Å². The minimum Gasteiger partial charge on any atom is -0.370 e. The zero-order chi connectivity index (χ0) is 22.9. The van der Waals surface area contributed by atoms with Crippen molar-refractivity contribution in [3.05, 3.63) is 54.7 Å². The third kappa shape index (κ3) is 3.80. The monoisotopic (exact) mass is 452 g/mol. The smallest absolute Gasteiger partial charge is 0.155 e. The Morgan fingerprint density at radius 3 is 2.65 bits per heavy atom. The molecule has 1 saturated heterocycles. The lowest BCUT2D eigenvalue weighted by molar-refractivity contribution is 0.578. The lowest BCUT2D eigenvalue weighted by Gasteiger charge is -2.28. The van der Waals surface area contributed by atoms with Crippen LogP contribution in [0.2, 0.25) is 0 Å². The molecule has 0 aliphatic carbocycles. The molecular weight excluding hydrogens is 424 g/mol. The second kappa shape index (κ2) is 8.87. The molecule has 0 bridgehead atoms. The van der Waals surface area contributed by atoms with Gasteiger partial charge in [-0.15, -0.1) is 0 Å². The van der Waals surface area contributed by atoms with Crippen molar-refractivity contribution in [3.63, 3.8) is 0 Å². The summed E-state index contributed by atoms with van der Waals surface area (Å²) in [6.45, 7) is 5.99. The number of aromatic amines is 2. The molecule has 6 rings (SSSR count). The summed E-state index contributed by atoms with van der Waals surface area (Å²) in [4.78, 5) is 19.6. The topological polar surface area (TPSA) is 98.4 Å². The van der Waals surface area contributed by atoms with E-state index in [1.807, 2.05) is 31.0 Å². The minimum atomic E-state index is 0.767. The van der Waals surface area contributed by atoms with Gasteiger partial charge in [0.25, 0.3) is 0 Å². The molecule has 5 aromatic rings. The fourth-order valence-corrected chi connectivity index (χ4v) is 4.83. The number of H-pyrrole nitrogens is 2. The highest BCUT2D eigenvalue weighted by atomic mass is 15.2. The Morgan fingerprint density at radius 2 is 1.76 bits per heavy atom. The van der Waals surface area contributed by atoms with Crippen molar-refractivity contribution in [1.29, 1.82) is 0 Å². The van der Waals surface area contributed by atoms with E-state index in [1.165, 1.54) is 30.3 Å². The van der Waals surface area contributed by atoms with E-state index < -0.39 is 0 Å². The van der Waals surface area contributed by atoms with Crippen LogP contribution < -0.4 is 10.2 Å². The van der Waals surface area contributed by atoms with Gasteiger partial charge in [0.2, 0.25) is 0 Å².